The van der Waals surface area contributed by atoms with Gasteiger partial charge in [-0.2, -0.15) is 9.40 Å². The summed E-state index contributed by atoms with van der Waals surface area (Å²) in [5, 5.41) is 7.17. The number of sulfonamides is 1. The monoisotopic (exact) mass is 343 g/mol. The first-order chi connectivity index (χ1) is 9.04. The van der Waals surface area contributed by atoms with Gasteiger partial charge >= 0.3 is 0 Å². The Kier molecular flexibility index (Phi) is 4.38. The second-order valence-electron chi connectivity index (χ2n) is 4.15. The van der Waals surface area contributed by atoms with Crippen LogP contribution in [-0.4, -0.2) is 30.0 Å². The lowest BCUT2D eigenvalue weighted by Crippen LogP contribution is -2.26. The zero-order chi connectivity index (χ0) is 13.9. The number of hydrogen-bond acceptors (Lipinski definition) is 3. The van der Waals surface area contributed by atoms with Crippen LogP contribution in [-0.2, 0) is 21.9 Å². The van der Waals surface area contributed by atoms with Gasteiger partial charge in [-0.05, 0) is 17.7 Å². The van der Waals surface area contributed by atoms with E-state index in [2.05, 4.69) is 26.1 Å². The van der Waals surface area contributed by atoms with Crippen LogP contribution in [0.3, 0.4) is 0 Å². The van der Waals surface area contributed by atoms with E-state index in [1.165, 1.54) is 4.31 Å². The molecule has 0 saturated carbocycles. The Hall–Kier alpha value is -1.18. The Morgan fingerprint density at radius 1 is 1.26 bits per heavy atom. The lowest BCUT2D eigenvalue weighted by Gasteiger charge is -2.16. The molecule has 1 aromatic carbocycles. The van der Waals surface area contributed by atoms with E-state index in [1.54, 1.807) is 43.7 Å². The number of H-pyrrole nitrogens is 1. The maximum absolute atomic E-state index is 12.3. The Morgan fingerprint density at radius 3 is 2.47 bits per heavy atom. The number of aromatic nitrogens is 2. The smallest absolute Gasteiger partial charge is 0.243 e. The standard InChI is InChI=1S/C12H14BrN3O2S/c1-16(9-11-7-14-15-8-11)19(17,18)12-4-2-10(6-13)3-5-12/h2-5,7-8H,6,9H2,1H3,(H,14,15). The molecule has 5 nitrogen and oxygen atoms in total. The van der Waals surface area contributed by atoms with Crippen molar-refractivity contribution in [1.29, 1.82) is 0 Å². The van der Waals surface area contributed by atoms with Gasteiger partial charge in [-0.25, -0.2) is 8.42 Å². The first-order valence-electron chi connectivity index (χ1n) is 5.63. The van der Waals surface area contributed by atoms with Gasteiger partial charge in [0.15, 0.2) is 0 Å². The number of aromatic amines is 1. The lowest BCUT2D eigenvalue weighted by atomic mass is 10.2. The van der Waals surface area contributed by atoms with Gasteiger partial charge in [-0.15, -0.1) is 0 Å². The summed E-state index contributed by atoms with van der Waals surface area (Å²) in [7, 11) is -1.91. The zero-order valence-electron chi connectivity index (χ0n) is 10.4. The molecule has 1 aromatic heterocycles. The van der Waals surface area contributed by atoms with Crippen molar-refractivity contribution in [3.63, 3.8) is 0 Å². The lowest BCUT2D eigenvalue weighted by molar-refractivity contribution is 0.467. The summed E-state index contributed by atoms with van der Waals surface area (Å²) in [5.74, 6) is 0. The molecule has 0 fully saturated rings. The van der Waals surface area contributed by atoms with Gasteiger partial charge < -0.3 is 0 Å². The van der Waals surface area contributed by atoms with E-state index in [4.69, 9.17) is 0 Å². The van der Waals surface area contributed by atoms with Crippen molar-refractivity contribution in [2.24, 2.45) is 0 Å². The highest BCUT2D eigenvalue weighted by molar-refractivity contribution is 9.08. The third-order valence-electron chi connectivity index (χ3n) is 2.75. The van der Waals surface area contributed by atoms with Gasteiger partial charge in [0.05, 0.1) is 11.1 Å². The summed E-state index contributed by atoms with van der Waals surface area (Å²) in [6.07, 6.45) is 3.29. The Bertz CT molecular complexity index is 624. The normalized spacial score (nSPS) is 11.9. The fraction of sp³-hybridized carbons (Fsp3) is 0.250. The minimum absolute atomic E-state index is 0.291. The summed E-state index contributed by atoms with van der Waals surface area (Å²) in [4.78, 5) is 0.295. The van der Waals surface area contributed by atoms with Gasteiger partial charge in [-0.1, -0.05) is 28.1 Å². The molecule has 0 saturated heterocycles. The molecule has 7 heteroatoms. The molecule has 0 aliphatic heterocycles. The van der Waals surface area contributed by atoms with Crippen molar-refractivity contribution >= 4 is 26.0 Å². The van der Waals surface area contributed by atoms with Crippen LogP contribution in [0.4, 0.5) is 0 Å². The van der Waals surface area contributed by atoms with Crippen molar-refractivity contribution in [1.82, 2.24) is 14.5 Å². The third-order valence-corrected chi connectivity index (χ3v) is 5.21. The van der Waals surface area contributed by atoms with E-state index < -0.39 is 10.0 Å². The molecule has 0 bridgehead atoms. The highest BCUT2D eigenvalue weighted by atomic mass is 79.9. The molecular formula is C12H14BrN3O2S. The molecule has 102 valence electrons. The quantitative estimate of drug-likeness (QED) is 0.845. The first kappa shape index (κ1) is 14.2. The molecule has 0 aliphatic rings. The van der Waals surface area contributed by atoms with E-state index in [1.807, 2.05) is 0 Å². The van der Waals surface area contributed by atoms with Crippen LogP contribution < -0.4 is 0 Å². The molecule has 2 aromatic rings. The summed E-state index contributed by atoms with van der Waals surface area (Å²) >= 11 is 3.33. The molecule has 0 radical (unpaired) electrons. The van der Waals surface area contributed by atoms with Gasteiger partial charge in [0.2, 0.25) is 10.0 Å². The van der Waals surface area contributed by atoms with E-state index in [0.29, 0.717) is 16.8 Å². The molecule has 1 N–H and O–H groups in total. The second kappa shape index (κ2) is 5.85. The minimum Gasteiger partial charge on any atom is -0.285 e. The number of benzene rings is 1. The molecule has 0 aliphatic carbocycles. The van der Waals surface area contributed by atoms with Gasteiger partial charge in [0, 0.05) is 30.7 Å². The maximum atomic E-state index is 12.3. The average molecular weight is 344 g/mol. The Morgan fingerprint density at radius 2 is 1.95 bits per heavy atom. The number of halogens is 1. The molecule has 19 heavy (non-hydrogen) atoms. The summed E-state index contributed by atoms with van der Waals surface area (Å²) in [5.41, 5.74) is 1.86. The second-order valence-corrected chi connectivity index (χ2v) is 6.75. The van der Waals surface area contributed by atoms with Gasteiger partial charge in [0.1, 0.15) is 0 Å². The van der Waals surface area contributed by atoms with Crippen molar-refractivity contribution in [2.45, 2.75) is 16.8 Å². The SMILES string of the molecule is CN(Cc1cn[nH]c1)S(=O)(=O)c1ccc(CBr)cc1. The van der Waals surface area contributed by atoms with Crippen LogP contribution in [0.5, 0.6) is 0 Å². The van der Waals surface area contributed by atoms with Crippen LogP contribution in [0.1, 0.15) is 11.1 Å². The van der Waals surface area contributed by atoms with Gasteiger partial charge in [0.25, 0.3) is 0 Å². The first-order valence-corrected chi connectivity index (χ1v) is 8.19. The predicted octanol–water partition coefficient (Wildman–Crippen LogP) is 2.13. The molecule has 2 rings (SSSR count). The number of alkyl halides is 1. The minimum atomic E-state index is -3.46. The summed E-state index contributed by atoms with van der Waals surface area (Å²) in [6.45, 7) is 0.291. The number of rotatable bonds is 5. The Balaban J connectivity index is 2.20. The summed E-state index contributed by atoms with van der Waals surface area (Å²) in [6, 6.07) is 6.84. The van der Waals surface area contributed by atoms with Crippen molar-refractivity contribution in [2.75, 3.05) is 7.05 Å². The van der Waals surface area contributed by atoms with Crippen LogP contribution in [0.2, 0.25) is 0 Å². The van der Waals surface area contributed by atoms with Crippen LogP contribution >= 0.6 is 15.9 Å². The van der Waals surface area contributed by atoms with E-state index >= 15 is 0 Å². The van der Waals surface area contributed by atoms with Crippen LogP contribution in [0.15, 0.2) is 41.6 Å². The zero-order valence-corrected chi connectivity index (χ0v) is 12.8. The predicted molar refractivity (Wildman–Crippen MR) is 76.3 cm³/mol. The third kappa shape index (κ3) is 3.23. The molecule has 0 spiro atoms. The number of nitrogens with zero attached hydrogens (tertiary/aromatic N) is 2. The van der Waals surface area contributed by atoms with E-state index in [0.717, 1.165) is 11.1 Å². The highest BCUT2D eigenvalue weighted by Crippen LogP contribution is 2.17. The topological polar surface area (TPSA) is 66.1 Å². The van der Waals surface area contributed by atoms with E-state index in [-0.39, 0.29) is 0 Å². The van der Waals surface area contributed by atoms with Crippen LogP contribution in [0.25, 0.3) is 0 Å². The van der Waals surface area contributed by atoms with Gasteiger partial charge in [-0.3, -0.25) is 5.10 Å². The van der Waals surface area contributed by atoms with Crippen molar-refractivity contribution in [3.05, 3.63) is 47.8 Å². The maximum Gasteiger partial charge on any atom is 0.243 e. The molecule has 0 atom stereocenters. The summed E-state index contributed by atoms with van der Waals surface area (Å²) < 4.78 is 26.0. The average Bonchev–Trinajstić information content (AvgIpc) is 2.91. The molecular weight excluding hydrogens is 330 g/mol. The highest BCUT2D eigenvalue weighted by Gasteiger charge is 2.20. The largest absolute Gasteiger partial charge is 0.285 e. The number of hydrogen-bond donors (Lipinski definition) is 1. The fourth-order valence-electron chi connectivity index (χ4n) is 1.64. The van der Waals surface area contributed by atoms with Crippen molar-refractivity contribution in [3.8, 4) is 0 Å². The molecule has 0 unspecified atom stereocenters. The van der Waals surface area contributed by atoms with E-state index in [9.17, 15) is 8.42 Å². The molecule has 0 amide bonds. The van der Waals surface area contributed by atoms with Crippen molar-refractivity contribution < 1.29 is 8.42 Å². The molecule has 1 heterocycles. The van der Waals surface area contributed by atoms with Crippen LogP contribution in [0, 0.1) is 0 Å². The Labute approximate surface area is 120 Å². The fourth-order valence-corrected chi connectivity index (χ4v) is 3.17. The number of nitrogens with one attached hydrogen (secondary N) is 1.